The van der Waals surface area contributed by atoms with Gasteiger partial charge >= 0.3 is 0 Å². The number of carbonyl (C=O) groups excluding carboxylic acids is 1. The first-order valence-corrected chi connectivity index (χ1v) is 4.04. The molecule has 0 aliphatic carbocycles. The lowest BCUT2D eigenvalue weighted by Crippen LogP contribution is -2.09. The van der Waals surface area contributed by atoms with E-state index in [-0.39, 0.29) is 18.0 Å². The van der Waals surface area contributed by atoms with E-state index < -0.39 is 5.82 Å². The minimum absolute atomic E-state index is 0.0210. The maximum Gasteiger partial charge on any atom is 0.191 e. The molecule has 1 aromatic rings. The maximum absolute atomic E-state index is 13.3. The summed E-state index contributed by atoms with van der Waals surface area (Å²) in [6.07, 6.45) is 0. The zero-order chi connectivity index (χ0) is 10.6. The molecule has 0 radical (unpaired) electrons. The summed E-state index contributed by atoms with van der Waals surface area (Å²) in [5.74, 6) is -0.587. The van der Waals surface area contributed by atoms with E-state index in [4.69, 9.17) is 4.74 Å². The van der Waals surface area contributed by atoms with Gasteiger partial charge in [0.15, 0.2) is 5.78 Å². The fraction of sp³-hybridized carbons (Fsp3) is 0.300. The maximum atomic E-state index is 13.3. The van der Waals surface area contributed by atoms with Crippen LogP contribution in [0.25, 0.3) is 0 Å². The number of hydrogen-bond acceptors (Lipinski definition) is 3. The fourth-order valence-corrected chi connectivity index (χ4v) is 1.06. The average Bonchev–Trinajstić information content (AvgIpc) is 2.17. The Kier molecular flexibility index (Phi) is 3.59. The van der Waals surface area contributed by atoms with Gasteiger partial charge < -0.3 is 9.47 Å². The Hall–Kier alpha value is -1.42. The lowest BCUT2D eigenvalue weighted by molar-refractivity contribution is 0.0844. The SMILES string of the molecule is COCC(=O)c1ccc(OC)cc1F. The topological polar surface area (TPSA) is 35.5 Å². The van der Waals surface area contributed by atoms with E-state index >= 15 is 0 Å². The lowest BCUT2D eigenvalue weighted by atomic mass is 10.1. The minimum Gasteiger partial charge on any atom is -0.497 e. The second kappa shape index (κ2) is 4.72. The van der Waals surface area contributed by atoms with Crippen molar-refractivity contribution in [3.05, 3.63) is 29.6 Å². The molecule has 0 aromatic heterocycles. The number of ketones is 1. The molecule has 0 spiro atoms. The minimum atomic E-state index is -0.591. The highest BCUT2D eigenvalue weighted by Crippen LogP contribution is 2.16. The number of halogens is 1. The number of rotatable bonds is 4. The summed E-state index contributed by atoms with van der Waals surface area (Å²) in [7, 11) is 2.82. The molecule has 76 valence electrons. The molecule has 0 unspecified atom stereocenters. The first kappa shape index (κ1) is 10.7. The summed E-state index contributed by atoms with van der Waals surface area (Å²) in [5, 5.41) is 0. The Balaban J connectivity index is 2.94. The first-order chi connectivity index (χ1) is 6.69. The third kappa shape index (κ3) is 2.29. The van der Waals surface area contributed by atoms with Gasteiger partial charge in [-0.2, -0.15) is 0 Å². The van der Waals surface area contributed by atoms with Crippen molar-refractivity contribution in [2.45, 2.75) is 0 Å². The van der Waals surface area contributed by atoms with Crippen LogP contribution in [0, 0.1) is 5.82 Å². The van der Waals surface area contributed by atoms with E-state index in [1.54, 1.807) is 0 Å². The zero-order valence-corrected chi connectivity index (χ0v) is 8.04. The third-order valence-corrected chi connectivity index (χ3v) is 1.75. The van der Waals surface area contributed by atoms with Gasteiger partial charge in [-0.15, -0.1) is 0 Å². The molecular formula is C10H11FO3. The molecule has 0 N–H and O–H groups in total. The van der Waals surface area contributed by atoms with E-state index in [1.165, 1.54) is 32.4 Å². The zero-order valence-electron chi connectivity index (χ0n) is 8.04. The standard InChI is InChI=1S/C10H11FO3/c1-13-6-10(12)8-4-3-7(14-2)5-9(8)11/h3-5H,6H2,1-2H3. The van der Waals surface area contributed by atoms with Crippen molar-refractivity contribution in [3.8, 4) is 5.75 Å². The summed E-state index contributed by atoms with van der Waals surface area (Å²) >= 11 is 0. The van der Waals surface area contributed by atoms with E-state index in [1.807, 2.05) is 0 Å². The number of carbonyl (C=O) groups is 1. The molecule has 0 amide bonds. The van der Waals surface area contributed by atoms with E-state index in [0.29, 0.717) is 5.75 Å². The number of Topliss-reactive ketones (excluding diaryl/α,β-unsaturated/α-hetero) is 1. The Morgan fingerprint density at radius 1 is 1.43 bits per heavy atom. The third-order valence-electron chi connectivity index (χ3n) is 1.75. The van der Waals surface area contributed by atoms with Crippen molar-refractivity contribution in [2.24, 2.45) is 0 Å². The van der Waals surface area contributed by atoms with Gasteiger partial charge in [-0.1, -0.05) is 0 Å². The normalized spacial score (nSPS) is 9.93. The van der Waals surface area contributed by atoms with Crippen molar-refractivity contribution in [1.29, 1.82) is 0 Å². The van der Waals surface area contributed by atoms with Crippen molar-refractivity contribution in [1.82, 2.24) is 0 Å². The molecule has 3 nitrogen and oxygen atoms in total. The van der Waals surface area contributed by atoms with Crippen LogP contribution >= 0.6 is 0 Å². The van der Waals surface area contributed by atoms with Crippen LogP contribution in [-0.2, 0) is 4.74 Å². The van der Waals surface area contributed by atoms with E-state index in [9.17, 15) is 9.18 Å². The predicted molar refractivity (Wildman–Crippen MR) is 49.2 cm³/mol. The van der Waals surface area contributed by atoms with Crippen molar-refractivity contribution in [2.75, 3.05) is 20.8 Å². The van der Waals surface area contributed by atoms with Crippen LogP contribution in [0.1, 0.15) is 10.4 Å². The Morgan fingerprint density at radius 2 is 2.14 bits per heavy atom. The molecular weight excluding hydrogens is 187 g/mol. The van der Waals surface area contributed by atoms with Gasteiger partial charge in [0.1, 0.15) is 18.2 Å². The van der Waals surface area contributed by atoms with Gasteiger partial charge in [0, 0.05) is 13.2 Å². The van der Waals surface area contributed by atoms with Crippen LogP contribution in [0.5, 0.6) is 5.75 Å². The van der Waals surface area contributed by atoms with E-state index in [0.717, 1.165) is 0 Å². The summed E-state index contributed by atoms with van der Waals surface area (Å²) in [6.45, 7) is -0.122. The summed E-state index contributed by atoms with van der Waals surface area (Å²) in [6, 6.07) is 4.09. The highest BCUT2D eigenvalue weighted by Gasteiger charge is 2.11. The molecule has 0 aliphatic heterocycles. The van der Waals surface area contributed by atoms with Crippen LogP contribution < -0.4 is 4.74 Å². The summed E-state index contributed by atoms with van der Waals surface area (Å²) in [4.78, 5) is 11.3. The van der Waals surface area contributed by atoms with Gasteiger partial charge in [0.25, 0.3) is 0 Å². The number of benzene rings is 1. The highest BCUT2D eigenvalue weighted by atomic mass is 19.1. The number of hydrogen-bond donors (Lipinski definition) is 0. The van der Waals surface area contributed by atoms with Crippen LogP contribution in [0.3, 0.4) is 0 Å². The molecule has 0 saturated carbocycles. The molecule has 0 aliphatic rings. The van der Waals surface area contributed by atoms with Gasteiger partial charge in [-0.3, -0.25) is 4.79 Å². The quantitative estimate of drug-likeness (QED) is 0.690. The molecule has 0 heterocycles. The lowest BCUT2D eigenvalue weighted by Gasteiger charge is -2.03. The molecule has 0 bridgehead atoms. The van der Waals surface area contributed by atoms with Crippen LogP contribution in [0.4, 0.5) is 4.39 Å². The largest absolute Gasteiger partial charge is 0.497 e. The Morgan fingerprint density at radius 3 is 2.64 bits per heavy atom. The summed E-state index contributed by atoms with van der Waals surface area (Å²) in [5.41, 5.74) is 0.0210. The van der Waals surface area contributed by atoms with E-state index in [2.05, 4.69) is 4.74 Å². The Labute approximate surface area is 81.4 Å². The van der Waals surface area contributed by atoms with Gasteiger partial charge in [-0.25, -0.2) is 4.39 Å². The molecule has 0 atom stereocenters. The predicted octanol–water partition coefficient (Wildman–Crippen LogP) is 1.66. The monoisotopic (exact) mass is 198 g/mol. The van der Waals surface area contributed by atoms with Gasteiger partial charge in [-0.05, 0) is 12.1 Å². The van der Waals surface area contributed by atoms with Crippen LogP contribution in [-0.4, -0.2) is 26.6 Å². The second-order valence-corrected chi connectivity index (χ2v) is 2.70. The average molecular weight is 198 g/mol. The van der Waals surface area contributed by atoms with Crippen molar-refractivity contribution in [3.63, 3.8) is 0 Å². The second-order valence-electron chi connectivity index (χ2n) is 2.70. The molecule has 14 heavy (non-hydrogen) atoms. The highest BCUT2D eigenvalue weighted by molar-refractivity contribution is 5.97. The molecule has 1 rings (SSSR count). The first-order valence-electron chi connectivity index (χ1n) is 4.04. The smallest absolute Gasteiger partial charge is 0.191 e. The molecule has 0 fully saturated rings. The number of ether oxygens (including phenoxy) is 2. The van der Waals surface area contributed by atoms with Crippen molar-refractivity contribution >= 4 is 5.78 Å². The fourth-order valence-electron chi connectivity index (χ4n) is 1.06. The van der Waals surface area contributed by atoms with Crippen LogP contribution in [0.2, 0.25) is 0 Å². The van der Waals surface area contributed by atoms with Gasteiger partial charge in [0.2, 0.25) is 0 Å². The van der Waals surface area contributed by atoms with Gasteiger partial charge in [0.05, 0.1) is 12.7 Å². The summed E-state index contributed by atoms with van der Waals surface area (Å²) < 4.78 is 22.7. The number of methoxy groups -OCH3 is 2. The molecule has 0 saturated heterocycles. The van der Waals surface area contributed by atoms with Crippen molar-refractivity contribution < 1.29 is 18.7 Å². The molecule has 1 aromatic carbocycles. The molecule has 4 heteroatoms. The Bertz CT molecular complexity index is 336. The van der Waals surface area contributed by atoms with Crippen LogP contribution in [0.15, 0.2) is 18.2 Å².